The maximum absolute atomic E-state index is 13.5. The maximum atomic E-state index is 13.5. The number of esters is 3. The van der Waals surface area contributed by atoms with E-state index in [1.165, 1.54) is 12.3 Å². The molecular formula is C33H35NO7. The van der Waals surface area contributed by atoms with Crippen LogP contribution in [0.25, 0.3) is 0 Å². The molecule has 41 heavy (non-hydrogen) atoms. The predicted octanol–water partition coefficient (Wildman–Crippen LogP) is 5.01. The fourth-order valence-corrected chi connectivity index (χ4v) is 6.70. The number of hydrogen-bond acceptors (Lipinski definition) is 8. The van der Waals surface area contributed by atoms with E-state index in [-0.39, 0.29) is 18.2 Å². The number of cyclic esters (lactones) is 1. The van der Waals surface area contributed by atoms with Crippen molar-refractivity contribution in [3.63, 3.8) is 0 Å². The Labute approximate surface area is 239 Å². The van der Waals surface area contributed by atoms with E-state index in [0.29, 0.717) is 17.6 Å². The van der Waals surface area contributed by atoms with Gasteiger partial charge < -0.3 is 19.3 Å². The lowest BCUT2D eigenvalue weighted by atomic mass is 9.44. The van der Waals surface area contributed by atoms with E-state index in [0.717, 1.165) is 12.0 Å². The average molecular weight is 558 g/mol. The van der Waals surface area contributed by atoms with E-state index >= 15 is 0 Å². The monoisotopic (exact) mass is 557 g/mol. The van der Waals surface area contributed by atoms with Gasteiger partial charge in [-0.05, 0) is 62.4 Å². The van der Waals surface area contributed by atoms with Crippen LogP contribution in [0.15, 0.2) is 90.2 Å². The maximum Gasteiger partial charge on any atom is 0.357 e. The van der Waals surface area contributed by atoms with Crippen molar-refractivity contribution in [2.24, 2.45) is 16.7 Å². The summed E-state index contributed by atoms with van der Waals surface area (Å²) in [4.78, 5) is 42.8. The fourth-order valence-electron chi connectivity index (χ4n) is 6.70. The minimum absolute atomic E-state index is 0.115. The van der Waals surface area contributed by atoms with Crippen molar-refractivity contribution in [2.75, 3.05) is 6.61 Å². The Hall–Kier alpha value is -4.04. The molecule has 1 aromatic carbocycles. The van der Waals surface area contributed by atoms with Gasteiger partial charge in [-0.3, -0.25) is 0 Å². The first kappa shape index (κ1) is 28.5. The van der Waals surface area contributed by atoms with Gasteiger partial charge in [0.25, 0.3) is 0 Å². The van der Waals surface area contributed by atoms with E-state index in [1.54, 1.807) is 61.5 Å². The predicted molar refractivity (Wildman–Crippen MR) is 151 cm³/mol. The highest BCUT2D eigenvalue weighted by Gasteiger charge is 2.69. The molecule has 0 unspecified atom stereocenters. The first-order valence-electron chi connectivity index (χ1n) is 13.8. The van der Waals surface area contributed by atoms with Crippen molar-refractivity contribution in [3.8, 4) is 0 Å². The van der Waals surface area contributed by atoms with E-state index < -0.39 is 46.5 Å². The van der Waals surface area contributed by atoms with Gasteiger partial charge in [0.15, 0.2) is 12.2 Å². The zero-order valence-electron chi connectivity index (χ0n) is 23.7. The van der Waals surface area contributed by atoms with Crippen LogP contribution in [0.2, 0.25) is 0 Å². The third-order valence-corrected chi connectivity index (χ3v) is 9.39. The molecule has 1 saturated carbocycles. The molecule has 8 nitrogen and oxygen atoms in total. The van der Waals surface area contributed by atoms with Crippen LogP contribution in [0.1, 0.15) is 61.4 Å². The number of hydrogen-bond donors (Lipinski definition) is 1. The first-order valence-corrected chi connectivity index (χ1v) is 13.8. The molecule has 1 fully saturated rings. The molecule has 2 aliphatic carbocycles. The molecule has 5 rings (SSSR count). The number of nitrogens with zero attached hydrogens (tertiary/aromatic N) is 1. The highest BCUT2D eigenvalue weighted by molar-refractivity contribution is 5.90. The summed E-state index contributed by atoms with van der Waals surface area (Å²) in [6, 6.07) is 13.5. The molecule has 0 radical (unpaired) electrons. The summed E-state index contributed by atoms with van der Waals surface area (Å²) in [5, 5.41) is 12.5. The third kappa shape index (κ3) is 4.90. The molecule has 0 spiro atoms. The Morgan fingerprint density at radius 1 is 1.02 bits per heavy atom. The molecule has 214 valence electrons. The second-order valence-electron chi connectivity index (χ2n) is 11.6. The molecule has 1 aromatic heterocycles. The fraction of sp³-hybridized carbons (Fsp3) is 0.394. The Kier molecular flexibility index (Phi) is 7.46. The summed E-state index contributed by atoms with van der Waals surface area (Å²) in [7, 11) is 0. The van der Waals surface area contributed by atoms with Crippen LogP contribution >= 0.6 is 0 Å². The quantitative estimate of drug-likeness (QED) is 0.300. The van der Waals surface area contributed by atoms with Crippen LogP contribution < -0.4 is 0 Å². The number of pyridine rings is 1. The summed E-state index contributed by atoms with van der Waals surface area (Å²) in [5.74, 6) is -1.95. The minimum Gasteiger partial charge on any atom is -0.458 e. The van der Waals surface area contributed by atoms with E-state index in [9.17, 15) is 19.5 Å². The summed E-state index contributed by atoms with van der Waals surface area (Å²) in [6.45, 7) is 7.69. The molecule has 6 atom stereocenters. The summed E-state index contributed by atoms with van der Waals surface area (Å²) in [6.07, 6.45) is 7.91. The van der Waals surface area contributed by atoms with Crippen molar-refractivity contribution >= 4 is 17.9 Å². The zero-order chi connectivity index (χ0) is 29.4. The minimum atomic E-state index is -1.70. The highest BCUT2D eigenvalue weighted by Crippen LogP contribution is 2.63. The third-order valence-electron chi connectivity index (χ3n) is 9.39. The van der Waals surface area contributed by atoms with Gasteiger partial charge in [-0.2, -0.15) is 0 Å². The molecule has 3 aliphatic rings. The lowest BCUT2D eigenvalue weighted by Gasteiger charge is -2.64. The van der Waals surface area contributed by atoms with Crippen molar-refractivity contribution < 1.29 is 33.7 Å². The van der Waals surface area contributed by atoms with Crippen LogP contribution in [0.5, 0.6) is 0 Å². The zero-order valence-corrected chi connectivity index (χ0v) is 23.7. The van der Waals surface area contributed by atoms with Gasteiger partial charge >= 0.3 is 17.9 Å². The number of rotatable bonds is 6. The van der Waals surface area contributed by atoms with Gasteiger partial charge in [-0.25, -0.2) is 19.4 Å². The van der Waals surface area contributed by atoms with Crippen LogP contribution in [-0.4, -0.2) is 52.4 Å². The summed E-state index contributed by atoms with van der Waals surface area (Å²) >= 11 is 0. The number of carbonyl (C=O) groups is 3. The number of benzene rings is 1. The Morgan fingerprint density at radius 2 is 1.73 bits per heavy atom. The molecule has 0 bridgehead atoms. The van der Waals surface area contributed by atoms with Crippen LogP contribution in [0, 0.1) is 16.7 Å². The highest BCUT2D eigenvalue weighted by atomic mass is 16.6. The van der Waals surface area contributed by atoms with Gasteiger partial charge in [0.2, 0.25) is 0 Å². The number of fused-ring (bicyclic) bond motifs is 1. The lowest BCUT2D eigenvalue weighted by molar-refractivity contribution is -0.251. The molecule has 2 heterocycles. The van der Waals surface area contributed by atoms with Crippen molar-refractivity contribution in [3.05, 3.63) is 101 Å². The van der Waals surface area contributed by atoms with E-state index in [4.69, 9.17) is 14.2 Å². The SMILES string of the molecule is CC1=CCC[C@H]2[C@@]1(C)[C@@H](OC(=O)c1ccccn1)[C@H](OC(=O)c1ccccc1)[C@](C)(O)[C@]2(C)/C=C/C1=CC(=O)OC1. The Bertz CT molecular complexity index is 1430. The number of ether oxygens (including phenoxy) is 3. The van der Waals surface area contributed by atoms with Crippen LogP contribution in [-0.2, 0) is 19.0 Å². The van der Waals surface area contributed by atoms with Crippen LogP contribution in [0.3, 0.4) is 0 Å². The number of aliphatic hydroxyl groups is 1. The molecule has 8 heteroatoms. The molecule has 1 N–H and O–H groups in total. The molecule has 2 aromatic rings. The average Bonchev–Trinajstić information content (AvgIpc) is 3.39. The van der Waals surface area contributed by atoms with Gasteiger partial charge in [-0.15, -0.1) is 0 Å². The number of aromatic nitrogens is 1. The second kappa shape index (κ2) is 10.7. The molecule has 0 amide bonds. The molecule has 0 saturated heterocycles. The summed E-state index contributed by atoms with van der Waals surface area (Å²) < 4.78 is 17.4. The van der Waals surface area contributed by atoms with Gasteiger partial charge in [-0.1, -0.05) is 61.9 Å². The number of carbonyl (C=O) groups excluding carboxylic acids is 3. The van der Waals surface area contributed by atoms with Crippen molar-refractivity contribution in [2.45, 2.75) is 58.3 Å². The van der Waals surface area contributed by atoms with Gasteiger partial charge in [0.1, 0.15) is 17.9 Å². The second-order valence-corrected chi connectivity index (χ2v) is 11.6. The van der Waals surface area contributed by atoms with E-state index in [1.807, 2.05) is 26.8 Å². The largest absolute Gasteiger partial charge is 0.458 e. The topological polar surface area (TPSA) is 112 Å². The molecular weight excluding hydrogens is 522 g/mol. The van der Waals surface area contributed by atoms with Gasteiger partial charge in [0.05, 0.1) is 5.56 Å². The van der Waals surface area contributed by atoms with Crippen molar-refractivity contribution in [1.82, 2.24) is 4.98 Å². The Balaban J connectivity index is 1.64. The normalized spacial score (nSPS) is 32.9. The van der Waals surface area contributed by atoms with E-state index in [2.05, 4.69) is 11.1 Å². The van der Waals surface area contributed by atoms with Gasteiger partial charge in [0, 0.05) is 23.1 Å². The first-order chi connectivity index (χ1) is 19.5. The number of allylic oxidation sites excluding steroid dienone is 1. The molecule has 1 aliphatic heterocycles. The standard InChI is InChI=1S/C33H35NO7/c1-21-11-10-15-25-31(2,17-16-22-19-26(35)39-20-22)33(4,38)28(41-29(36)23-12-6-5-7-13-23)27(32(21,25)3)40-30(37)24-14-8-9-18-34-24/h5-9,11-14,16-19,25,27-28,38H,10,15,20H2,1-4H3/b17-16+/t25-,27+,28+,31-,32+,33+/m1/s1. The van der Waals surface area contributed by atoms with Crippen molar-refractivity contribution in [1.29, 1.82) is 0 Å². The lowest BCUT2D eigenvalue weighted by Crippen LogP contribution is -2.72. The summed E-state index contributed by atoms with van der Waals surface area (Å²) in [5.41, 5.74) is -1.41. The van der Waals surface area contributed by atoms with Crippen LogP contribution in [0.4, 0.5) is 0 Å². The smallest absolute Gasteiger partial charge is 0.357 e. The Morgan fingerprint density at radius 3 is 2.39 bits per heavy atom.